The molecule has 0 spiro atoms. The van der Waals surface area contributed by atoms with Crippen LogP contribution in [0.1, 0.15) is 6.92 Å². The number of alkyl halides is 3. The summed E-state index contributed by atoms with van der Waals surface area (Å²) in [6.07, 6.45) is -5.81. The molecule has 0 aromatic carbocycles. The van der Waals surface area contributed by atoms with Gasteiger partial charge >= 0.3 is 6.18 Å². The lowest BCUT2D eigenvalue weighted by atomic mass is 10.1. The molecule has 0 saturated heterocycles. The molecule has 55 valence electrons. The van der Waals surface area contributed by atoms with Crippen LogP contribution in [-0.2, 0) is 0 Å². The minimum absolute atomic E-state index is 1.06. The molecule has 0 aliphatic rings. The highest BCUT2D eigenvalue weighted by Gasteiger charge is 2.38. The molecule has 1 nitrogen and oxygen atoms in total. The molecule has 0 bridgehead atoms. The van der Waals surface area contributed by atoms with Crippen LogP contribution in [0.25, 0.3) is 0 Å². The van der Waals surface area contributed by atoms with E-state index in [2.05, 4.69) is 6.92 Å². The lowest BCUT2D eigenvalue weighted by Crippen LogP contribution is -2.29. The van der Waals surface area contributed by atoms with Crippen LogP contribution in [-0.4, -0.2) is 17.4 Å². The van der Waals surface area contributed by atoms with E-state index in [1.807, 2.05) is 0 Å². The Kier molecular flexibility index (Phi) is 2.49. The molecule has 2 atom stereocenters. The first-order valence-electron chi connectivity index (χ1n) is 2.43. The zero-order chi connectivity index (χ0) is 7.65. The maximum atomic E-state index is 11.5. The van der Waals surface area contributed by atoms with E-state index >= 15 is 0 Å². The number of hydrogen-bond acceptors (Lipinski definition) is 1. The van der Waals surface area contributed by atoms with Gasteiger partial charge in [0.2, 0.25) is 0 Å². The Morgan fingerprint density at radius 3 is 1.78 bits per heavy atom. The Labute approximate surface area is 51.5 Å². The molecular weight excluding hydrogens is 133 g/mol. The summed E-state index contributed by atoms with van der Waals surface area (Å²) in [6.45, 7) is 3.79. The summed E-state index contributed by atoms with van der Waals surface area (Å²) in [6, 6.07) is 0. The van der Waals surface area contributed by atoms with E-state index in [9.17, 15) is 13.2 Å². The number of aliphatic hydroxyl groups is 1. The van der Waals surface area contributed by atoms with E-state index in [4.69, 9.17) is 5.11 Å². The van der Waals surface area contributed by atoms with Crippen molar-refractivity contribution in [3.8, 4) is 0 Å². The van der Waals surface area contributed by atoms with Crippen LogP contribution in [0.3, 0.4) is 0 Å². The zero-order valence-electron chi connectivity index (χ0n) is 4.94. The molecule has 0 aliphatic heterocycles. The maximum Gasteiger partial charge on any atom is 0.394 e. The van der Waals surface area contributed by atoms with E-state index in [1.54, 1.807) is 0 Å². The third kappa shape index (κ3) is 2.70. The molecule has 0 amide bonds. The minimum atomic E-state index is -4.38. The molecule has 4 heteroatoms. The second kappa shape index (κ2) is 2.56. The van der Waals surface area contributed by atoms with Crippen molar-refractivity contribution in [3.05, 3.63) is 6.92 Å². The monoisotopic (exact) mass is 141 g/mol. The zero-order valence-corrected chi connectivity index (χ0v) is 4.94. The van der Waals surface area contributed by atoms with Crippen LogP contribution in [0, 0.1) is 12.8 Å². The van der Waals surface area contributed by atoms with Gasteiger partial charge in [-0.15, -0.1) is 0 Å². The van der Waals surface area contributed by atoms with Crippen LogP contribution >= 0.6 is 0 Å². The minimum Gasteiger partial charge on any atom is -0.393 e. The predicted molar refractivity (Wildman–Crippen MR) is 26.6 cm³/mol. The van der Waals surface area contributed by atoms with Crippen LogP contribution in [0.5, 0.6) is 0 Å². The van der Waals surface area contributed by atoms with Gasteiger partial charge in [0.15, 0.2) is 0 Å². The molecule has 1 N–H and O–H groups in total. The molecule has 0 saturated carbocycles. The van der Waals surface area contributed by atoms with Crippen molar-refractivity contribution in [2.45, 2.75) is 19.2 Å². The highest BCUT2D eigenvalue weighted by Crippen LogP contribution is 2.27. The molecule has 0 aromatic rings. The van der Waals surface area contributed by atoms with Crippen molar-refractivity contribution < 1.29 is 18.3 Å². The first-order valence-corrected chi connectivity index (χ1v) is 2.43. The Balaban J connectivity index is 3.88. The molecule has 0 aliphatic carbocycles. The highest BCUT2D eigenvalue weighted by molar-refractivity contribution is 4.73. The predicted octanol–water partition coefficient (Wildman–Crippen LogP) is 1.38. The number of rotatable bonds is 1. The van der Waals surface area contributed by atoms with Crippen molar-refractivity contribution in [1.82, 2.24) is 0 Å². The molecule has 0 aromatic heterocycles. The normalized spacial score (nSPS) is 19.3. The Hall–Kier alpha value is -0.250. The number of aliphatic hydroxyl groups excluding tert-OH is 1. The van der Waals surface area contributed by atoms with E-state index < -0.39 is 18.2 Å². The first kappa shape index (κ1) is 8.75. The fourth-order valence-electron chi connectivity index (χ4n) is 0.273. The fraction of sp³-hybridized carbons (Fsp3) is 0.800. The van der Waals surface area contributed by atoms with Gasteiger partial charge in [-0.1, -0.05) is 0 Å². The second-order valence-electron chi connectivity index (χ2n) is 1.89. The smallest absolute Gasteiger partial charge is 0.393 e. The summed E-state index contributed by atoms with van der Waals surface area (Å²) in [7, 11) is 0. The van der Waals surface area contributed by atoms with Crippen molar-refractivity contribution in [1.29, 1.82) is 0 Å². The number of hydrogen-bond donors (Lipinski definition) is 1. The van der Waals surface area contributed by atoms with Gasteiger partial charge in [0, 0.05) is 0 Å². The third-order valence-corrected chi connectivity index (χ3v) is 1.00. The van der Waals surface area contributed by atoms with E-state index in [0.29, 0.717) is 0 Å². The van der Waals surface area contributed by atoms with Gasteiger partial charge in [-0.3, -0.25) is 0 Å². The van der Waals surface area contributed by atoms with E-state index in [0.717, 1.165) is 6.92 Å². The molecule has 2 unspecified atom stereocenters. The van der Waals surface area contributed by atoms with E-state index in [1.165, 1.54) is 0 Å². The van der Waals surface area contributed by atoms with Crippen LogP contribution in [0.2, 0.25) is 0 Å². The lowest BCUT2D eigenvalue weighted by molar-refractivity contribution is -0.183. The van der Waals surface area contributed by atoms with Crippen molar-refractivity contribution >= 4 is 0 Å². The summed E-state index contributed by atoms with van der Waals surface area (Å²) in [4.78, 5) is 0. The molecule has 0 heterocycles. The topological polar surface area (TPSA) is 20.2 Å². The van der Waals surface area contributed by atoms with Crippen molar-refractivity contribution in [2.75, 3.05) is 0 Å². The second-order valence-corrected chi connectivity index (χ2v) is 1.89. The summed E-state index contributed by atoms with van der Waals surface area (Å²) in [5, 5.41) is 8.37. The van der Waals surface area contributed by atoms with Gasteiger partial charge < -0.3 is 5.11 Å². The SMILES string of the molecule is [CH2]C(C(C)O)C(F)(F)F. The molecule has 0 rings (SSSR count). The molecule has 0 fully saturated rings. The summed E-state index contributed by atoms with van der Waals surface area (Å²) >= 11 is 0. The Bertz CT molecular complexity index is 86.7. The Morgan fingerprint density at radius 2 is 1.78 bits per heavy atom. The van der Waals surface area contributed by atoms with Gasteiger partial charge in [-0.05, 0) is 13.8 Å². The standard InChI is InChI=1S/C5H8F3O/c1-3(4(2)9)5(6,7)8/h3-4,9H,1H2,2H3. The lowest BCUT2D eigenvalue weighted by Gasteiger charge is -2.17. The summed E-state index contributed by atoms with van der Waals surface area (Å²) < 4.78 is 34.4. The van der Waals surface area contributed by atoms with Gasteiger partial charge in [-0.25, -0.2) is 0 Å². The third-order valence-electron chi connectivity index (χ3n) is 1.00. The molecular formula is C5H8F3O. The average Bonchev–Trinajstić information content (AvgIpc) is 1.62. The van der Waals surface area contributed by atoms with Gasteiger partial charge in [0.1, 0.15) is 0 Å². The van der Waals surface area contributed by atoms with E-state index in [-0.39, 0.29) is 0 Å². The Morgan fingerprint density at radius 1 is 1.44 bits per heavy atom. The van der Waals surface area contributed by atoms with Crippen LogP contribution in [0.4, 0.5) is 13.2 Å². The fourth-order valence-corrected chi connectivity index (χ4v) is 0.273. The van der Waals surface area contributed by atoms with Crippen LogP contribution < -0.4 is 0 Å². The largest absolute Gasteiger partial charge is 0.394 e. The molecule has 1 radical (unpaired) electrons. The number of halogens is 3. The quantitative estimate of drug-likeness (QED) is 0.584. The van der Waals surface area contributed by atoms with Gasteiger partial charge in [-0.2, -0.15) is 13.2 Å². The van der Waals surface area contributed by atoms with Gasteiger partial charge in [0.05, 0.1) is 12.0 Å². The maximum absolute atomic E-state index is 11.5. The summed E-state index contributed by atoms with van der Waals surface area (Å²) in [5.41, 5.74) is 0. The van der Waals surface area contributed by atoms with Gasteiger partial charge in [0.25, 0.3) is 0 Å². The van der Waals surface area contributed by atoms with Crippen molar-refractivity contribution in [2.24, 2.45) is 5.92 Å². The highest BCUT2D eigenvalue weighted by atomic mass is 19.4. The average molecular weight is 141 g/mol. The van der Waals surface area contributed by atoms with Crippen molar-refractivity contribution in [3.63, 3.8) is 0 Å². The molecule has 9 heavy (non-hydrogen) atoms. The summed E-state index contributed by atoms with van der Waals surface area (Å²) in [5.74, 6) is -1.88. The van der Waals surface area contributed by atoms with Crippen LogP contribution in [0.15, 0.2) is 0 Å². The first-order chi connectivity index (χ1) is 3.85.